The summed E-state index contributed by atoms with van der Waals surface area (Å²) in [7, 11) is 0. The number of aromatic nitrogens is 1. The van der Waals surface area contributed by atoms with Crippen molar-refractivity contribution in [2.75, 3.05) is 6.54 Å². The summed E-state index contributed by atoms with van der Waals surface area (Å²) in [5.41, 5.74) is 2.71. The van der Waals surface area contributed by atoms with Crippen LogP contribution in [-0.4, -0.2) is 17.4 Å². The maximum atomic E-state index is 11.7. The molecule has 0 spiro atoms. The van der Waals surface area contributed by atoms with Crippen molar-refractivity contribution < 1.29 is 4.79 Å². The van der Waals surface area contributed by atoms with Crippen LogP contribution in [0.25, 0.3) is 0 Å². The smallest absolute Gasteiger partial charge is 0.253 e. The normalized spacial score (nSPS) is 10.6. The van der Waals surface area contributed by atoms with E-state index in [1.807, 2.05) is 19.9 Å². The minimum Gasteiger partial charge on any atom is -0.362 e. The first-order valence-corrected chi connectivity index (χ1v) is 4.95. The zero-order valence-electron chi connectivity index (χ0n) is 9.27. The monoisotopic (exact) mass is 194 g/mol. The molecule has 0 aliphatic heterocycles. The Bertz CT molecular complexity index is 326. The minimum absolute atomic E-state index is 0.0144. The minimum atomic E-state index is 0.0144. The number of rotatable bonds is 3. The molecule has 78 valence electrons. The van der Waals surface area contributed by atoms with Crippen molar-refractivity contribution in [3.63, 3.8) is 0 Å². The second-order valence-electron chi connectivity index (χ2n) is 4.09. The molecule has 1 heterocycles. The molecule has 0 saturated heterocycles. The summed E-state index contributed by atoms with van der Waals surface area (Å²) in [5, 5.41) is 2.89. The third kappa shape index (κ3) is 2.62. The van der Waals surface area contributed by atoms with Crippen LogP contribution >= 0.6 is 0 Å². The van der Waals surface area contributed by atoms with Crippen molar-refractivity contribution in [3.05, 3.63) is 23.0 Å². The van der Waals surface area contributed by atoms with Gasteiger partial charge in [-0.1, -0.05) is 13.8 Å². The van der Waals surface area contributed by atoms with Gasteiger partial charge in [-0.05, 0) is 25.8 Å². The second-order valence-corrected chi connectivity index (χ2v) is 4.09. The van der Waals surface area contributed by atoms with E-state index in [0.29, 0.717) is 5.92 Å². The molecule has 3 nitrogen and oxygen atoms in total. The molecule has 0 aliphatic carbocycles. The van der Waals surface area contributed by atoms with Crippen LogP contribution < -0.4 is 5.32 Å². The van der Waals surface area contributed by atoms with Crippen LogP contribution in [0.15, 0.2) is 6.07 Å². The van der Waals surface area contributed by atoms with Gasteiger partial charge in [-0.3, -0.25) is 4.79 Å². The standard InChI is InChI=1S/C11H18N2O/c1-7(2)6-12-11(14)10-5-8(3)13-9(10)4/h5,7,13H,6H2,1-4H3,(H,12,14). The van der Waals surface area contributed by atoms with E-state index in [4.69, 9.17) is 0 Å². The van der Waals surface area contributed by atoms with E-state index < -0.39 is 0 Å². The molecule has 0 atom stereocenters. The predicted octanol–water partition coefficient (Wildman–Crippen LogP) is 2.02. The van der Waals surface area contributed by atoms with Gasteiger partial charge in [0.05, 0.1) is 5.56 Å². The zero-order chi connectivity index (χ0) is 10.7. The lowest BCUT2D eigenvalue weighted by Gasteiger charge is -2.06. The second kappa shape index (κ2) is 4.31. The van der Waals surface area contributed by atoms with Crippen molar-refractivity contribution in [3.8, 4) is 0 Å². The van der Waals surface area contributed by atoms with Crippen molar-refractivity contribution in [2.24, 2.45) is 5.92 Å². The number of carbonyl (C=O) groups is 1. The first-order valence-electron chi connectivity index (χ1n) is 4.95. The molecule has 0 aromatic carbocycles. The summed E-state index contributed by atoms with van der Waals surface area (Å²) in [6.45, 7) is 8.75. The Morgan fingerprint density at radius 1 is 1.50 bits per heavy atom. The average molecular weight is 194 g/mol. The molecule has 1 aromatic heterocycles. The fourth-order valence-corrected chi connectivity index (χ4v) is 1.35. The molecule has 1 rings (SSSR count). The summed E-state index contributed by atoms with van der Waals surface area (Å²) >= 11 is 0. The largest absolute Gasteiger partial charge is 0.362 e. The lowest BCUT2D eigenvalue weighted by molar-refractivity contribution is 0.0948. The van der Waals surface area contributed by atoms with Crippen molar-refractivity contribution in [2.45, 2.75) is 27.7 Å². The summed E-state index contributed by atoms with van der Waals surface area (Å²) in [5.74, 6) is 0.500. The van der Waals surface area contributed by atoms with Gasteiger partial charge in [0.2, 0.25) is 0 Å². The van der Waals surface area contributed by atoms with Crippen LogP contribution in [0, 0.1) is 19.8 Å². The van der Waals surface area contributed by atoms with Crippen LogP contribution in [-0.2, 0) is 0 Å². The van der Waals surface area contributed by atoms with Crippen LogP contribution in [0.3, 0.4) is 0 Å². The zero-order valence-corrected chi connectivity index (χ0v) is 9.27. The molecule has 14 heavy (non-hydrogen) atoms. The van der Waals surface area contributed by atoms with Gasteiger partial charge in [-0.15, -0.1) is 0 Å². The van der Waals surface area contributed by atoms with Crippen LogP contribution in [0.2, 0.25) is 0 Å². The van der Waals surface area contributed by atoms with Crippen LogP contribution in [0.1, 0.15) is 35.6 Å². The lowest BCUT2D eigenvalue weighted by Crippen LogP contribution is -2.27. The van der Waals surface area contributed by atoms with Gasteiger partial charge in [-0.25, -0.2) is 0 Å². The topological polar surface area (TPSA) is 44.9 Å². The lowest BCUT2D eigenvalue weighted by atomic mass is 10.2. The first-order chi connectivity index (χ1) is 6.50. The molecule has 0 fully saturated rings. The van der Waals surface area contributed by atoms with Gasteiger partial charge in [0.1, 0.15) is 0 Å². The van der Waals surface area contributed by atoms with Crippen molar-refractivity contribution in [1.82, 2.24) is 10.3 Å². The van der Waals surface area contributed by atoms with E-state index >= 15 is 0 Å². The van der Waals surface area contributed by atoms with E-state index in [-0.39, 0.29) is 5.91 Å². The third-order valence-electron chi connectivity index (χ3n) is 2.07. The number of hydrogen-bond donors (Lipinski definition) is 2. The summed E-state index contributed by atoms with van der Waals surface area (Å²) < 4.78 is 0. The van der Waals surface area contributed by atoms with Gasteiger partial charge in [0.15, 0.2) is 0 Å². The van der Waals surface area contributed by atoms with Crippen molar-refractivity contribution in [1.29, 1.82) is 0 Å². The maximum absolute atomic E-state index is 11.7. The highest BCUT2D eigenvalue weighted by atomic mass is 16.1. The highest BCUT2D eigenvalue weighted by Gasteiger charge is 2.10. The van der Waals surface area contributed by atoms with Gasteiger partial charge < -0.3 is 10.3 Å². The van der Waals surface area contributed by atoms with E-state index in [2.05, 4.69) is 24.1 Å². The number of nitrogens with one attached hydrogen (secondary N) is 2. The molecule has 0 radical (unpaired) electrons. The SMILES string of the molecule is Cc1cc(C(=O)NCC(C)C)c(C)[nH]1. The Morgan fingerprint density at radius 3 is 2.57 bits per heavy atom. The maximum Gasteiger partial charge on any atom is 0.253 e. The Labute approximate surface area is 84.9 Å². The van der Waals surface area contributed by atoms with Gasteiger partial charge in [-0.2, -0.15) is 0 Å². The Morgan fingerprint density at radius 2 is 2.14 bits per heavy atom. The summed E-state index contributed by atoms with van der Waals surface area (Å²) in [6, 6.07) is 1.88. The Balaban J connectivity index is 2.65. The fraction of sp³-hybridized carbons (Fsp3) is 0.545. The molecule has 0 saturated carbocycles. The van der Waals surface area contributed by atoms with Crippen LogP contribution in [0.4, 0.5) is 0 Å². The molecule has 0 aliphatic rings. The highest BCUT2D eigenvalue weighted by Crippen LogP contribution is 2.08. The van der Waals surface area contributed by atoms with E-state index in [0.717, 1.165) is 23.5 Å². The molecular formula is C11H18N2O. The summed E-state index contributed by atoms with van der Waals surface area (Å²) in [4.78, 5) is 14.8. The number of aromatic amines is 1. The molecule has 0 unspecified atom stereocenters. The van der Waals surface area contributed by atoms with E-state index in [9.17, 15) is 4.79 Å². The fourth-order valence-electron chi connectivity index (χ4n) is 1.35. The highest BCUT2D eigenvalue weighted by molar-refractivity contribution is 5.95. The summed E-state index contributed by atoms with van der Waals surface area (Å²) in [6.07, 6.45) is 0. The quantitative estimate of drug-likeness (QED) is 0.759. The van der Waals surface area contributed by atoms with E-state index in [1.165, 1.54) is 0 Å². The van der Waals surface area contributed by atoms with Gasteiger partial charge in [0.25, 0.3) is 5.91 Å². The molecule has 1 amide bonds. The Hall–Kier alpha value is -1.25. The number of hydrogen-bond acceptors (Lipinski definition) is 1. The predicted molar refractivity (Wildman–Crippen MR) is 57.4 cm³/mol. The molecule has 1 aromatic rings. The first kappa shape index (κ1) is 10.8. The molecule has 0 bridgehead atoms. The molecule has 3 heteroatoms. The number of amides is 1. The van der Waals surface area contributed by atoms with Crippen LogP contribution in [0.5, 0.6) is 0 Å². The van der Waals surface area contributed by atoms with Gasteiger partial charge in [0, 0.05) is 17.9 Å². The molecule has 2 N–H and O–H groups in total. The molecular weight excluding hydrogens is 176 g/mol. The van der Waals surface area contributed by atoms with E-state index in [1.54, 1.807) is 0 Å². The number of carbonyl (C=O) groups excluding carboxylic acids is 1. The number of aryl methyl sites for hydroxylation is 2. The average Bonchev–Trinajstić information content (AvgIpc) is 2.41. The third-order valence-corrected chi connectivity index (χ3v) is 2.07. The van der Waals surface area contributed by atoms with Gasteiger partial charge >= 0.3 is 0 Å². The van der Waals surface area contributed by atoms with Crippen molar-refractivity contribution >= 4 is 5.91 Å². The number of H-pyrrole nitrogens is 1. The Kier molecular flexibility index (Phi) is 3.33.